The van der Waals surface area contributed by atoms with E-state index in [4.69, 9.17) is 71.1 Å². The van der Waals surface area contributed by atoms with Gasteiger partial charge in [-0.1, -0.05) is 0 Å². The van der Waals surface area contributed by atoms with Crippen molar-refractivity contribution in [2.45, 2.75) is 280 Å². The van der Waals surface area contributed by atoms with Crippen molar-refractivity contribution >= 4 is 17.7 Å². The van der Waals surface area contributed by atoms with Crippen LogP contribution in [0, 0.1) is 0 Å². The van der Waals surface area contributed by atoms with Gasteiger partial charge in [0.05, 0.1) is 51.8 Å². The Morgan fingerprint density at radius 3 is 1.12 bits per heavy atom. The van der Waals surface area contributed by atoms with E-state index < -0.39 is 303 Å². The van der Waals surface area contributed by atoms with Crippen molar-refractivity contribution in [3.63, 3.8) is 0 Å². The molecule has 0 aromatic carbocycles. The van der Waals surface area contributed by atoms with Crippen LogP contribution in [0.25, 0.3) is 0 Å². The Labute approximate surface area is 545 Å². The average molecular weight is 1410 g/mol. The standard InChI is InChI=1S/C54H91N3O39/c1-12-26(65)34(73)38(77)50(84-12)82-11-22-44(31(70)23(47(81)86-22)55-14(3)62)92-48-24(56-15(4)63)32(71)42(19(8-60)89-48)93-52-40(79)36(75)29(68)21(91-52)10-83-54-46(37(76)28(67)17(6-58)88-54)96-49-25(57-16(5)64)33(72)43(20(9-61)90-49)94-53-41(80)45(30(69)18(7-59)87-53)95-51-39(78)35(74)27(66)13(2)85-51/h12-13,17-54,58-61,65-81H,6-11H2,1-5H3,(H,55,62)(H,56,63)(H,57,64)/t12-,13-,17+,18+,19+,20+,21+,22+,23+,24+,25+,26+,27+,28+,29+,30-,31+,32+,33+,34+,35+,36-,37-,38-,39-,40-,41+,42+,43+,44+,45-,46-,47+,48-,49-,50+,51-,52-,53-,54-/m0/s1. The van der Waals surface area contributed by atoms with E-state index in [0.717, 1.165) is 20.8 Å². The van der Waals surface area contributed by atoms with Gasteiger partial charge in [0.15, 0.2) is 50.3 Å². The fraction of sp³-hybridized carbons (Fsp3) is 0.944. The van der Waals surface area contributed by atoms with Gasteiger partial charge in [0.2, 0.25) is 17.7 Å². The van der Waals surface area contributed by atoms with E-state index in [1.54, 1.807) is 0 Å². The first-order valence-electron chi connectivity index (χ1n) is 30.8. The lowest BCUT2D eigenvalue weighted by molar-refractivity contribution is -0.386. The second-order valence-electron chi connectivity index (χ2n) is 24.6. The molecule has 8 saturated heterocycles. The molecule has 0 bridgehead atoms. The van der Waals surface area contributed by atoms with Crippen molar-refractivity contribution in [1.29, 1.82) is 0 Å². The summed E-state index contributed by atoms with van der Waals surface area (Å²) in [4.78, 5) is 37.8. The topological polar surface area (TPSA) is 651 Å². The Bertz CT molecular complexity index is 2480. The molecule has 8 aliphatic rings. The molecule has 42 nitrogen and oxygen atoms in total. The minimum atomic E-state index is -2.24. The predicted molar refractivity (Wildman–Crippen MR) is 296 cm³/mol. The molecule has 8 heterocycles. The van der Waals surface area contributed by atoms with E-state index in [0.29, 0.717) is 0 Å². The first-order chi connectivity index (χ1) is 45.3. The molecule has 0 saturated carbocycles. The summed E-state index contributed by atoms with van der Waals surface area (Å²) in [5.41, 5.74) is 0. The maximum atomic E-state index is 12.8. The van der Waals surface area contributed by atoms with Gasteiger partial charge in [-0.2, -0.15) is 0 Å². The number of amides is 3. The van der Waals surface area contributed by atoms with E-state index in [-0.39, 0.29) is 0 Å². The summed E-state index contributed by atoms with van der Waals surface area (Å²) in [5, 5.41) is 237. The van der Waals surface area contributed by atoms with Crippen LogP contribution in [-0.4, -0.2) is 410 Å². The lowest BCUT2D eigenvalue weighted by Gasteiger charge is -2.50. The highest BCUT2D eigenvalue weighted by molar-refractivity contribution is 5.74. The highest BCUT2D eigenvalue weighted by Crippen LogP contribution is 2.38. The van der Waals surface area contributed by atoms with Crippen molar-refractivity contribution in [2.24, 2.45) is 0 Å². The Morgan fingerprint density at radius 1 is 0.292 bits per heavy atom. The third-order valence-electron chi connectivity index (χ3n) is 17.7. The van der Waals surface area contributed by atoms with Gasteiger partial charge in [-0.3, -0.25) is 14.4 Å². The molecule has 556 valence electrons. The Morgan fingerprint density at radius 2 is 0.625 bits per heavy atom. The molecule has 40 atom stereocenters. The van der Waals surface area contributed by atoms with Crippen LogP contribution in [-0.2, 0) is 85.4 Å². The highest BCUT2D eigenvalue weighted by Gasteiger charge is 2.59. The molecular formula is C54H91N3O39. The molecule has 8 fully saturated rings. The van der Waals surface area contributed by atoms with Crippen LogP contribution in [0.4, 0.5) is 0 Å². The van der Waals surface area contributed by atoms with E-state index in [1.807, 2.05) is 0 Å². The zero-order valence-electron chi connectivity index (χ0n) is 52.1. The van der Waals surface area contributed by atoms with Crippen molar-refractivity contribution in [2.75, 3.05) is 39.6 Å². The van der Waals surface area contributed by atoms with Crippen LogP contribution in [0.15, 0.2) is 0 Å². The molecule has 96 heavy (non-hydrogen) atoms. The minimum absolute atomic E-state index is 0.751. The number of hydrogen-bond acceptors (Lipinski definition) is 39. The van der Waals surface area contributed by atoms with Gasteiger partial charge in [0.1, 0.15) is 183 Å². The molecule has 24 N–H and O–H groups in total. The number of carbonyl (C=O) groups excluding carboxylic acids is 3. The predicted octanol–water partition coefficient (Wildman–Crippen LogP) is -16.0. The first kappa shape index (κ1) is 78.7. The molecule has 0 spiro atoms. The number of aliphatic hydroxyl groups excluding tert-OH is 21. The van der Waals surface area contributed by atoms with E-state index in [9.17, 15) is 122 Å². The maximum Gasteiger partial charge on any atom is 0.217 e. The maximum absolute atomic E-state index is 12.8. The van der Waals surface area contributed by atoms with Crippen LogP contribution in [0.3, 0.4) is 0 Å². The minimum Gasteiger partial charge on any atom is -0.394 e. The van der Waals surface area contributed by atoms with Gasteiger partial charge in [-0.15, -0.1) is 0 Å². The summed E-state index contributed by atoms with van der Waals surface area (Å²) >= 11 is 0. The summed E-state index contributed by atoms with van der Waals surface area (Å²) in [6.45, 7) is -0.205. The van der Waals surface area contributed by atoms with Crippen LogP contribution in [0.5, 0.6) is 0 Å². The Hall–Kier alpha value is -3.03. The van der Waals surface area contributed by atoms with Gasteiger partial charge in [-0.05, 0) is 13.8 Å². The number of rotatable bonds is 23. The number of carbonyl (C=O) groups is 3. The molecule has 0 aromatic heterocycles. The number of ether oxygens (including phenoxy) is 15. The molecule has 42 heteroatoms. The molecular weight excluding hydrogens is 1310 g/mol. The number of aliphatic hydroxyl groups is 21. The van der Waals surface area contributed by atoms with Crippen molar-refractivity contribution in [3.05, 3.63) is 0 Å². The largest absolute Gasteiger partial charge is 0.394 e. The molecule has 0 unspecified atom stereocenters. The fourth-order valence-electron chi connectivity index (χ4n) is 12.4. The lowest BCUT2D eigenvalue weighted by atomic mass is 9.94. The third-order valence-corrected chi connectivity index (χ3v) is 17.7. The summed E-state index contributed by atoms with van der Waals surface area (Å²) in [7, 11) is 0. The van der Waals surface area contributed by atoms with Crippen molar-refractivity contribution in [3.8, 4) is 0 Å². The van der Waals surface area contributed by atoms with E-state index >= 15 is 0 Å². The molecule has 8 aliphatic heterocycles. The Kier molecular flexibility index (Phi) is 27.7. The molecule has 8 rings (SSSR count). The first-order valence-corrected chi connectivity index (χ1v) is 30.8. The van der Waals surface area contributed by atoms with Gasteiger partial charge in [0, 0.05) is 20.8 Å². The molecule has 0 radical (unpaired) electrons. The van der Waals surface area contributed by atoms with Gasteiger partial charge in [0.25, 0.3) is 0 Å². The second-order valence-corrected chi connectivity index (χ2v) is 24.6. The molecule has 3 amide bonds. The third kappa shape index (κ3) is 17.2. The average Bonchev–Trinajstić information content (AvgIpc) is 0.779. The zero-order chi connectivity index (χ0) is 70.8. The zero-order valence-corrected chi connectivity index (χ0v) is 52.1. The molecule has 0 aromatic rings. The summed E-state index contributed by atoms with van der Waals surface area (Å²) in [6.07, 6.45) is -69.4. The van der Waals surface area contributed by atoms with Crippen LogP contribution in [0.2, 0.25) is 0 Å². The van der Waals surface area contributed by atoms with Gasteiger partial charge < -0.3 is 194 Å². The van der Waals surface area contributed by atoms with Gasteiger partial charge >= 0.3 is 0 Å². The van der Waals surface area contributed by atoms with E-state index in [2.05, 4.69) is 16.0 Å². The van der Waals surface area contributed by atoms with Crippen molar-refractivity contribution in [1.82, 2.24) is 16.0 Å². The summed E-state index contributed by atoms with van der Waals surface area (Å²) in [6, 6.07) is -5.30. The normalized spacial score (nSPS) is 50.3. The lowest BCUT2D eigenvalue weighted by Crippen LogP contribution is -2.70. The summed E-state index contributed by atoms with van der Waals surface area (Å²) in [5.74, 6) is -2.53. The summed E-state index contributed by atoms with van der Waals surface area (Å²) < 4.78 is 87.1. The van der Waals surface area contributed by atoms with Crippen LogP contribution < -0.4 is 16.0 Å². The highest BCUT2D eigenvalue weighted by atomic mass is 16.8. The van der Waals surface area contributed by atoms with Crippen LogP contribution >= 0.6 is 0 Å². The van der Waals surface area contributed by atoms with Gasteiger partial charge in [-0.25, -0.2) is 0 Å². The Balaban J connectivity index is 0.973. The van der Waals surface area contributed by atoms with E-state index in [1.165, 1.54) is 13.8 Å². The molecule has 0 aliphatic carbocycles. The van der Waals surface area contributed by atoms with Crippen molar-refractivity contribution < 1.29 is 193 Å². The fourth-order valence-corrected chi connectivity index (χ4v) is 12.4. The number of hydrogen-bond donors (Lipinski definition) is 24. The SMILES string of the molecule is CC(=O)N[C@@H]1[C@@H](O)[C@H](O[C@@H]2O[C@H](CO)[C@@H](O[C@@H]3O[C@H](CO[C@H]4O[C@H](CO)[C@@H](O)[C@H](O)[C@@H]4O[C@@H]4O[C@H](CO)[C@@H](O[C@@H]5O[C@H](CO)[C@H](O)[C@H](O[C@@H]6O[C@@H](C)[C@@H](O)[C@@H](O)[C@@H]6O)[C@H]5O)[C@H](O)[C@H]4NC(C)=O)[C@@H](O)[C@H](O)[C@@H]3O)[C@H](O)[C@H]2NC(C)=O)[C@@H](CO[C@@H]2O[C@@H](C)[C@@H](O)[C@@H](O)[C@@H]2O)O[C@H]1O. The smallest absolute Gasteiger partial charge is 0.217 e. The second kappa shape index (κ2) is 33.8. The quantitative estimate of drug-likeness (QED) is 0.0452. The van der Waals surface area contributed by atoms with Crippen LogP contribution in [0.1, 0.15) is 34.6 Å². The number of nitrogens with one attached hydrogen (secondary N) is 3. The monoisotopic (exact) mass is 1410 g/mol.